The van der Waals surface area contributed by atoms with Gasteiger partial charge in [-0.25, -0.2) is 4.79 Å². The average molecular weight is 291 g/mol. The molecule has 1 unspecified atom stereocenters. The van der Waals surface area contributed by atoms with Crippen molar-refractivity contribution in [3.8, 4) is 0 Å². The van der Waals surface area contributed by atoms with Crippen LogP contribution in [0.2, 0.25) is 0 Å². The Bertz CT molecular complexity index is 508. The smallest absolute Gasteiger partial charge is 0.333 e. The molecule has 0 fully saturated rings. The van der Waals surface area contributed by atoms with E-state index in [1.807, 2.05) is 31.2 Å². The fourth-order valence-corrected chi connectivity index (χ4v) is 1.49. The molecule has 1 N–H and O–H groups in total. The minimum absolute atomic E-state index is 0.105. The van der Waals surface area contributed by atoms with Gasteiger partial charge in [0.1, 0.15) is 6.61 Å². The van der Waals surface area contributed by atoms with Crippen LogP contribution in [-0.4, -0.2) is 24.6 Å². The number of ether oxygens (including phenoxy) is 2. The van der Waals surface area contributed by atoms with Gasteiger partial charge >= 0.3 is 5.97 Å². The predicted octanol–water partition coefficient (Wildman–Crippen LogP) is 2.67. The second kappa shape index (κ2) is 8.21. The van der Waals surface area contributed by atoms with Crippen molar-refractivity contribution in [2.75, 3.05) is 11.9 Å². The van der Waals surface area contributed by atoms with Crippen LogP contribution in [0.25, 0.3) is 0 Å². The molecular weight excluding hydrogens is 270 g/mol. The summed E-state index contributed by atoms with van der Waals surface area (Å²) in [6.45, 7) is 9.00. The Kier molecular flexibility index (Phi) is 6.62. The van der Waals surface area contributed by atoms with E-state index in [1.54, 1.807) is 6.92 Å². The number of benzene rings is 1. The van der Waals surface area contributed by atoms with Crippen LogP contribution >= 0.6 is 0 Å². The van der Waals surface area contributed by atoms with Gasteiger partial charge in [-0.2, -0.15) is 0 Å². The molecule has 5 nitrogen and oxygen atoms in total. The first kappa shape index (κ1) is 16.9. The molecule has 0 heterocycles. The topological polar surface area (TPSA) is 64.6 Å². The van der Waals surface area contributed by atoms with Crippen LogP contribution in [0.15, 0.2) is 36.4 Å². The average Bonchev–Trinajstić information content (AvgIpc) is 2.43. The molecule has 0 aliphatic heterocycles. The molecule has 0 saturated heterocycles. The Labute approximate surface area is 124 Å². The standard InChI is InChI=1S/C16H21NO4/c1-11(2)16(19)21-9-12(3)20-10-14-5-7-15(8-6-14)17-13(4)18/h5-8,12H,1,9-10H2,2-4H3,(H,17,18). The van der Waals surface area contributed by atoms with Crippen LogP contribution in [0.3, 0.4) is 0 Å². The molecule has 0 aliphatic rings. The fourth-order valence-electron chi connectivity index (χ4n) is 1.49. The van der Waals surface area contributed by atoms with Crippen LogP contribution in [0, 0.1) is 0 Å². The van der Waals surface area contributed by atoms with Gasteiger partial charge in [-0.3, -0.25) is 4.79 Å². The molecule has 1 rings (SSSR count). The maximum atomic E-state index is 11.2. The third-order valence-electron chi connectivity index (χ3n) is 2.61. The normalized spacial score (nSPS) is 11.6. The van der Waals surface area contributed by atoms with E-state index in [-0.39, 0.29) is 18.6 Å². The van der Waals surface area contributed by atoms with E-state index in [1.165, 1.54) is 6.92 Å². The van der Waals surface area contributed by atoms with Crippen molar-refractivity contribution < 1.29 is 19.1 Å². The number of rotatable bonds is 7. The van der Waals surface area contributed by atoms with Crippen molar-refractivity contribution in [1.29, 1.82) is 0 Å². The molecule has 21 heavy (non-hydrogen) atoms. The number of esters is 1. The van der Waals surface area contributed by atoms with Gasteiger partial charge in [-0.05, 0) is 31.5 Å². The first-order valence-electron chi connectivity index (χ1n) is 6.69. The molecular formula is C16H21NO4. The first-order valence-corrected chi connectivity index (χ1v) is 6.69. The Hall–Kier alpha value is -2.14. The van der Waals surface area contributed by atoms with Crippen LogP contribution in [0.5, 0.6) is 0 Å². The number of anilines is 1. The zero-order chi connectivity index (χ0) is 15.8. The van der Waals surface area contributed by atoms with Gasteiger partial charge in [0.25, 0.3) is 0 Å². The maximum Gasteiger partial charge on any atom is 0.333 e. The van der Waals surface area contributed by atoms with Crippen molar-refractivity contribution in [3.05, 3.63) is 42.0 Å². The predicted molar refractivity (Wildman–Crippen MR) is 80.8 cm³/mol. The summed E-state index contributed by atoms with van der Waals surface area (Å²) < 4.78 is 10.6. The van der Waals surface area contributed by atoms with Gasteiger partial charge in [0.05, 0.1) is 12.7 Å². The lowest BCUT2D eigenvalue weighted by Crippen LogP contribution is -2.19. The zero-order valence-electron chi connectivity index (χ0n) is 12.6. The molecule has 1 aromatic carbocycles. The van der Waals surface area contributed by atoms with Crippen LogP contribution < -0.4 is 5.32 Å². The molecule has 0 aromatic heterocycles. The minimum atomic E-state index is -0.412. The Morgan fingerprint density at radius 1 is 1.24 bits per heavy atom. The summed E-state index contributed by atoms with van der Waals surface area (Å²) in [5.74, 6) is -0.517. The highest BCUT2D eigenvalue weighted by Gasteiger charge is 2.08. The van der Waals surface area contributed by atoms with E-state index >= 15 is 0 Å². The van der Waals surface area contributed by atoms with E-state index < -0.39 is 5.97 Å². The lowest BCUT2D eigenvalue weighted by Gasteiger charge is -2.13. The van der Waals surface area contributed by atoms with Gasteiger partial charge in [0, 0.05) is 18.2 Å². The molecule has 0 aliphatic carbocycles. The SMILES string of the molecule is C=C(C)C(=O)OCC(C)OCc1ccc(NC(C)=O)cc1. The summed E-state index contributed by atoms with van der Waals surface area (Å²) in [5, 5.41) is 2.69. The van der Waals surface area contributed by atoms with Crippen LogP contribution in [-0.2, 0) is 25.7 Å². The zero-order valence-corrected chi connectivity index (χ0v) is 12.6. The Balaban J connectivity index is 2.35. The van der Waals surface area contributed by atoms with E-state index in [4.69, 9.17) is 9.47 Å². The molecule has 0 bridgehead atoms. The van der Waals surface area contributed by atoms with Gasteiger partial charge in [-0.1, -0.05) is 18.7 Å². The number of amides is 1. The van der Waals surface area contributed by atoms with E-state index in [2.05, 4.69) is 11.9 Å². The van der Waals surface area contributed by atoms with Gasteiger partial charge in [-0.15, -0.1) is 0 Å². The molecule has 0 spiro atoms. The van der Waals surface area contributed by atoms with Gasteiger partial charge in [0.2, 0.25) is 5.91 Å². The van der Waals surface area contributed by atoms with Gasteiger partial charge < -0.3 is 14.8 Å². The van der Waals surface area contributed by atoms with Crippen molar-refractivity contribution >= 4 is 17.6 Å². The summed E-state index contributed by atoms with van der Waals surface area (Å²) in [4.78, 5) is 22.1. The molecule has 1 atom stereocenters. The summed E-state index contributed by atoms with van der Waals surface area (Å²) in [6, 6.07) is 7.37. The fraction of sp³-hybridized carbons (Fsp3) is 0.375. The number of hydrogen-bond acceptors (Lipinski definition) is 4. The number of nitrogens with one attached hydrogen (secondary N) is 1. The second-order valence-electron chi connectivity index (χ2n) is 4.88. The number of carbonyl (C=O) groups is 2. The second-order valence-corrected chi connectivity index (χ2v) is 4.88. The monoisotopic (exact) mass is 291 g/mol. The summed E-state index contributed by atoms with van der Waals surface area (Å²) in [5.41, 5.74) is 2.09. The molecule has 1 aromatic rings. The third-order valence-corrected chi connectivity index (χ3v) is 2.61. The summed E-state index contributed by atoms with van der Waals surface area (Å²) >= 11 is 0. The molecule has 0 radical (unpaired) electrons. The van der Waals surface area contributed by atoms with Crippen LogP contribution in [0.4, 0.5) is 5.69 Å². The van der Waals surface area contributed by atoms with E-state index in [9.17, 15) is 9.59 Å². The molecule has 114 valence electrons. The highest BCUT2D eigenvalue weighted by atomic mass is 16.6. The maximum absolute atomic E-state index is 11.2. The summed E-state index contributed by atoms with van der Waals surface area (Å²) in [7, 11) is 0. The number of carbonyl (C=O) groups excluding carboxylic acids is 2. The Morgan fingerprint density at radius 3 is 2.38 bits per heavy atom. The largest absolute Gasteiger partial charge is 0.460 e. The first-order chi connectivity index (χ1) is 9.88. The molecule has 1 amide bonds. The van der Waals surface area contributed by atoms with E-state index in [0.29, 0.717) is 12.2 Å². The summed E-state index contributed by atoms with van der Waals surface area (Å²) in [6.07, 6.45) is -0.205. The van der Waals surface area contributed by atoms with Crippen molar-refractivity contribution in [2.45, 2.75) is 33.5 Å². The quantitative estimate of drug-likeness (QED) is 0.619. The van der Waals surface area contributed by atoms with Crippen molar-refractivity contribution in [2.24, 2.45) is 0 Å². The Morgan fingerprint density at radius 2 is 1.86 bits per heavy atom. The molecule has 5 heteroatoms. The number of hydrogen-bond donors (Lipinski definition) is 1. The lowest BCUT2D eigenvalue weighted by molar-refractivity contribution is -0.143. The van der Waals surface area contributed by atoms with Crippen LogP contribution in [0.1, 0.15) is 26.3 Å². The third kappa shape index (κ3) is 6.72. The lowest BCUT2D eigenvalue weighted by atomic mass is 10.2. The van der Waals surface area contributed by atoms with Crippen molar-refractivity contribution in [3.63, 3.8) is 0 Å². The van der Waals surface area contributed by atoms with Gasteiger partial charge in [0.15, 0.2) is 0 Å². The van der Waals surface area contributed by atoms with E-state index in [0.717, 1.165) is 11.3 Å². The minimum Gasteiger partial charge on any atom is -0.460 e. The highest BCUT2D eigenvalue weighted by Crippen LogP contribution is 2.11. The molecule has 0 saturated carbocycles. The van der Waals surface area contributed by atoms with Crippen molar-refractivity contribution in [1.82, 2.24) is 0 Å². The highest BCUT2D eigenvalue weighted by molar-refractivity contribution is 5.88.